The molecule has 0 saturated heterocycles. The second kappa shape index (κ2) is 3.00. The normalized spacial score (nSPS) is 15.1. The summed E-state index contributed by atoms with van der Waals surface area (Å²) < 4.78 is 0. The summed E-state index contributed by atoms with van der Waals surface area (Å²) in [5, 5.41) is 4.53. The van der Waals surface area contributed by atoms with Crippen LogP contribution in [0.5, 0.6) is 0 Å². The number of amides is 1. The predicted octanol–water partition coefficient (Wildman–Crippen LogP) is 2.11. The number of fused-ring (bicyclic) bond motifs is 3. The highest BCUT2D eigenvalue weighted by Crippen LogP contribution is 2.29. The number of H-pyrrole nitrogens is 1. The van der Waals surface area contributed by atoms with Gasteiger partial charge in [-0.2, -0.15) is 0 Å². The number of rotatable bonds is 0. The van der Waals surface area contributed by atoms with Crippen LogP contribution in [-0.2, 0) is 6.42 Å². The van der Waals surface area contributed by atoms with Crippen molar-refractivity contribution in [2.24, 2.45) is 0 Å². The van der Waals surface area contributed by atoms with Crippen molar-refractivity contribution < 1.29 is 4.79 Å². The Hall–Kier alpha value is -1.48. The number of benzene rings is 1. The van der Waals surface area contributed by atoms with Crippen LogP contribution in [-0.4, -0.2) is 17.4 Å². The molecule has 0 atom stereocenters. The molecule has 1 aliphatic heterocycles. The van der Waals surface area contributed by atoms with Crippen LogP contribution in [0.2, 0.25) is 5.02 Å². The largest absolute Gasteiger partial charge is 0.350 e. The van der Waals surface area contributed by atoms with E-state index >= 15 is 0 Å². The summed E-state index contributed by atoms with van der Waals surface area (Å²) in [6.07, 6.45) is 0.863. The van der Waals surface area contributed by atoms with Gasteiger partial charge in [0.05, 0.1) is 10.5 Å². The van der Waals surface area contributed by atoms with Gasteiger partial charge >= 0.3 is 0 Å². The second-order valence-corrected chi connectivity index (χ2v) is 4.05. The molecule has 1 aromatic heterocycles. The first kappa shape index (κ1) is 8.80. The van der Waals surface area contributed by atoms with E-state index in [2.05, 4.69) is 10.3 Å². The average molecular weight is 221 g/mol. The molecule has 2 N–H and O–H groups in total. The monoisotopic (exact) mass is 220 g/mol. The zero-order valence-electron chi connectivity index (χ0n) is 7.93. The Kier molecular flexibility index (Phi) is 1.76. The Labute approximate surface area is 91.4 Å². The minimum atomic E-state index is -0.0384. The van der Waals surface area contributed by atoms with Crippen molar-refractivity contribution >= 4 is 28.4 Å². The van der Waals surface area contributed by atoms with E-state index in [9.17, 15) is 4.79 Å². The Morgan fingerprint density at radius 1 is 1.33 bits per heavy atom. The summed E-state index contributed by atoms with van der Waals surface area (Å²) in [6, 6.07) is 5.73. The minimum absolute atomic E-state index is 0.0384. The molecule has 3 rings (SSSR count). The van der Waals surface area contributed by atoms with E-state index in [0.717, 1.165) is 22.9 Å². The smallest absolute Gasteiger partial charge is 0.268 e. The lowest BCUT2D eigenvalue weighted by Gasteiger charge is -2.11. The van der Waals surface area contributed by atoms with Gasteiger partial charge in [0, 0.05) is 11.9 Å². The zero-order chi connectivity index (χ0) is 10.4. The molecule has 2 heterocycles. The highest BCUT2D eigenvalue weighted by molar-refractivity contribution is 6.35. The van der Waals surface area contributed by atoms with Crippen molar-refractivity contribution in [1.82, 2.24) is 10.3 Å². The quantitative estimate of drug-likeness (QED) is 0.702. The van der Waals surface area contributed by atoms with E-state index < -0.39 is 0 Å². The number of halogens is 1. The molecule has 1 amide bonds. The van der Waals surface area contributed by atoms with E-state index in [-0.39, 0.29) is 5.91 Å². The predicted molar refractivity (Wildman–Crippen MR) is 59.3 cm³/mol. The summed E-state index contributed by atoms with van der Waals surface area (Å²) in [4.78, 5) is 14.7. The van der Waals surface area contributed by atoms with Crippen molar-refractivity contribution in [3.05, 3.63) is 34.5 Å². The summed E-state index contributed by atoms with van der Waals surface area (Å²) in [5.41, 5.74) is 2.60. The van der Waals surface area contributed by atoms with Crippen LogP contribution in [0, 0.1) is 0 Å². The van der Waals surface area contributed by atoms with Gasteiger partial charge in [-0.15, -0.1) is 0 Å². The molecule has 0 aliphatic carbocycles. The molecule has 4 heteroatoms. The summed E-state index contributed by atoms with van der Waals surface area (Å²) in [6.45, 7) is 0.700. The zero-order valence-corrected chi connectivity index (χ0v) is 8.69. The third-order valence-electron chi connectivity index (χ3n) is 2.78. The summed E-state index contributed by atoms with van der Waals surface area (Å²) >= 11 is 6.06. The molecule has 2 aromatic rings. The molecule has 76 valence electrons. The second-order valence-electron chi connectivity index (χ2n) is 3.65. The number of hydrogen-bond acceptors (Lipinski definition) is 1. The molecular formula is C11H9ClN2O. The molecule has 0 unspecified atom stereocenters. The third-order valence-corrected chi connectivity index (χ3v) is 3.09. The Bertz CT molecular complexity index is 559. The fourth-order valence-corrected chi connectivity index (χ4v) is 2.30. The fourth-order valence-electron chi connectivity index (χ4n) is 2.08. The van der Waals surface area contributed by atoms with Crippen LogP contribution >= 0.6 is 11.6 Å². The maximum Gasteiger partial charge on any atom is 0.268 e. The van der Waals surface area contributed by atoms with Crippen LogP contribution in [0.4, 0.5) is 0 Å². The van der Waals surface area contributed by atoms with Crippen LogP contribution < -0.4 is 5.32 Å². The number of carbonyl (C=O) groups excluding carboxylic acids is 1. The number of aromatic amines is 1. The van der Waals surface area contributed by atoms with Crippen molar-refractivity contribution in [2.75, 3.05) is 6.54 Å². The number of hydrogen-bond donors (Lipinski definition) is 2. The maximum atomic E-state index is 11.6. The first-order valence-electron chi connectivity index (χ1n) is 4.84. The minimum Gasteiger partial charge on any atom is -0.350 e. The van der Waals surface area contributed by atoms with Crippen molar-refractivity contribution in [2.45, 2.75) is 6.42 Å². The first-order valence-corrected chi connectivity index (χ1v) is 5.22. The number of para-hydroxylation sites is 1. The highest BCUT2D eigenvalue weighted by atomic mass is 35.5. The molecule has 0 radical (unpaired) electrons. The average Bonchev–Trinajstić information content (AvgIpc) is 2.60. The maximum absolute atomic E-state index is 11.6. The molecule has 0 bridgehead atoms. The number of nitrogens with one attached hydrogen (secondary N) is 2. The highest BCUT2D eigenvalue weighted by Gasteiger charge is 2.21. The molecule has 1 aliphatic rings. The lowest BCUT2D eigenvalue weighted by molar-refractivity contribution is 0.0942. The van der Waals surface area contributed by atoms with Gasteiger partial charge in [0.2, 0.25) is 0 Å². The molecule has 0 fully saturated rings. The van der Waals surface area contributed by atoms with Crippen LogP contribution in [0.1, 0.15) is 16.1 Å². The van der Waals surface area contributed by atoms with Gasteiger partial charge in [0.15, 0.2) is 0 Å². The fraction of sp³-hybridized carbons (Fsp3) is 0.182. The standard InChI is InChI=1S/C11H9ClN2O/c12-8-3-1-2-6-7-4-5-13-11(15)10(7)14-9(6)8/h1-3,14H,4-5H2,(H,13,15). The van der Waals surface area contributed by atoms with Crippen LogP contribution in [0.3, 0.4) is 0 Å². The van der Waals surface area contributed by atoms with Gasteiger partial charge < -0.3 is 10.3 Å². The number of carbonyl (C=O) groups is 1. The number of aromatic nitrogens is 1. The van der Waals surface area contributed by atoms with Gasteiger partial charge in [0.25, 0.3) is 5.91 Å². The van der Waals surface area contributed by atoms with Crippen molar-refractivity contribution in [3.8, 4) is 0 Å². The molecule has 0 saturated carbocycles. The third kappa shape index (κ3) is 1.16. The topological polar surface area (TPSA) is 44.9 Å². The molecule has 1 aromatic carbocycles. The lowest BCUT2D eigenvalue weighted by Crippen LogP contribution is -2.31. The van der Waals surface area contributed by atoms with E-state index in [1.165, 1.54) is 0 Å². The summed E-state index contributed by atoms with van der Waals surface area (Å²) in [5.74, 6) is -0.0384. The Morgan fingerprint density at radius 3 is 3.07 bits per heavy atom. The van der Waals surface area contributed by atoms with E-state index in [4.69, 9.17) is 11.6 Å². The molecular weight excluding hydrogens is 212 g/mol. The van der Waals surface area contributed by atoms with E-state index in [1.54, 1.807) is 0 Å². The van der Waals surface area contributed by atoms with Gasteiger partial charge in [-0.05, 0) is 18.1 Å². The Balaban J connectivity index is 2.40. The Morgan fingerprint density at radius 2 is 2.20 bits per heavy atom. The first-order chi connectivity index (χ1) is 7.27. The van der Waals surface area contributed by atoms with E-state index in [1.807, 2.05) is 18.2 Å². The van der Waals surface area contributed by atoms with Gasteiger partial charge in [0.1, 0.15) is 5.69 Å². The van der Waals surface area contributed by atoms with Gasteiger partial charge in [-0.3, -0.25) is 4.79 Å². The van der Waals surface area contributed by atoms with Crippen molar-refractivity contribution in [3.63, 3.8) is 0 Å². The van der Waals surface area contributed by atoms with Crippen LogP contribution in [0.15, 0.2) is 18.2 Å². The van der Waals surface area contributed by atoms with Gasteiger partial charge in [-0.1, -0.05) is 23.7 Å². The van der Waals surface area contributed by atoms with E-state index in [0.29, 0.717) is 17.3 Å². The van der Waals surface area contributed by atoms with Crippen molar-refractivity contribution in [1.29, 1.82) is 0 Å². The molecule has 15 heavy (non-hydrogen) atoms. The summed E-state index contributed by atoms with van der Waals surface area (Å²) in [7, 11) is 0. The molecule has 0 spiro atoms. The van der Waals surface area contributed by atoms with Crippen LogP contribution in [0.25, 0.3) is 10.9 Å². The van der Waals surface area contributed by atoms with Gasteiger partial charge in [-0.25, -0.2) is 0 Å². The lowest BCUT2D eigenvalue weighted by atomic mass is 10.0. The SMILES string of the molecule is O=C1NCCc2c1[nH]c1c(Cl)cccc21. The molecule has 3 nitrogen and oxygen atoms in total.